The van der Waals surface area contributed by atoms with Gasteiger partial charge in [-0.05, 0) is 135 Å². The molecular weight excluding hydrogens is 789 g/mol. The maximum atomic E-state index is 6.56. The number of hydrogen-bond donors (Lipinski definition) is 0. The summed E-state index contributed by atoms with van der Waals surface area (Å²) < 4.78 is 6.56. The van der Waals surface area contributed by atoms with Gasteiger partial charge in [0, 0.05) is 50.8 Å². The average molecular weight is 831 g/mol. The van der Waals surface area contributed by atoms with E-state index in [9.17, 15) is 0 Å². The fraction of sp³-hybridized carbons (Fsp3) is 0.0323. The van der Waals surface area contributed by atoms with Crippen LogP contribution in [0.5, 0.6) is 0 Å². The van der Waals surface area contributed by atoms with E-state index in [0.29, 0.717) is 0 Å². The van der Waals surface area contributed by atoms with Gasteiger partial charge in [0.05, 0.1) is 5.41 Å². The highest BCUT2D eigenvalue weighted by Crippen LogP contribution is 2.62. The molecule has 65 heavy (non-hydrogen) atoms. The molecule has 1 aromatic heterocycles. The lowest BCUT2D eigenvalue weighted by molar-refractivity contribution is 0.669. The lowest BCUT2D eigenvalue weighted by Crippen LogP contribution is -2.35. The minimum absolute atomic E-state index is 0.128. The Hall–Kier alpha value is -8.40. The van der Waals surface area contributed by atoms with E-state index in [0.717, 1.165) is 56.1 Å². The highest BCUT2D eigenvalue weighted by molar-refractivity contribution is 6.08. The Morgan fingerprint density at radius 3 is 1.25 bits per heavy atom. The van der Waals surface area contributed by atoms with Gasteiger partial charge in [0.1, 0.15) is 11.2 Å². The van der Waals surface area contributed by atoms with Crippen molar-refractivity contribution in [3.8, 4) is 11.1 Å². The number of fused-ring (bicyclic) bond motifs is 12. The molecule has 0 N–H and O–H groups in total. The van der Waals surface area contributed by atoms with Gasteiger partial charge in [0.15, 0.2) is 0 Å². The van der Waals surface area contributed by atoms with Crippen molar-refractivity contribution in [2.24, 2.45) is 0 Å². The zero-order chi connectivity index (χ0) is 42.9. The summed E-state index contributed by atoms with van der Waals surface area (Å²) in [4.78, 5) is 4.70. The predicted molar refractivity (Wildman–Crippen MR) is 268 cm³/mol. The Balaban J connectivity index is 0.994. The van der Waals surface area contributed by atoms with Gasteiger partial charge in [-0.25, -0.2) is 0 Å². The molecule has 0 fully saturated rings. The number of rotatable bonds is 7. The van der Waals surface area contributed by atoms with E-state index in [1.807, 2.05) is 0 Å². The number of furan rings is 1. The molecule has 0 atom stereocenters. The Labute approximate surface area is 378 Å². The molecule has 0 saturated heterocycles. The topological polar surface area (TPSA) is 19.6 Å². The molecule has 0 bridgehead atoms. The molecule has 0 radical (unpaired) electrons. The van der Waals surface area contributed by atoms with Crippen LogP contribution < -0.4 is 9.80 Å². The Morgan fingerprint density at radius 1 is 0.308 bits per heavy atom. The van der Waals surface area contributed by atoms with E-state index in [1.54, 1.807) is 0 Å². The fourth-order valence-electron chi connectivity index (χ4n) is 11.1. The smallest absolute Gasteiger partial charge is 0.135 e. The van der Waals surface area contributed by atoms with E-state index >= 15 is 0 Å². The van der Waals surface area contributed by atoms with Crippen molar-refractivity contribution in [1.82, 2.24) is 0 Å². The second-order valence-electron chi connectivity index (χ2n) is 17.2. The van der Waals surface area contributed by atoms with Gasteiger partial charge >= 0.3 is 0 Å². The fourth-order valence-corrected chi connectivity index (χ4v) is 11.1. The molecule has 11 aromatic rings. The Kier molecular flexibility index (Phi) is 8.50. The van der Waals surface area contributed by atoms with Crippen LogP contribution in [0, 0.1) is 0 Å². The zero-order valence-corrected chi connectivity index (χ0v) is 35.6. The van der Waals surface area contributed by atoms with Gasteiger partial charge in [0.25, 0.3) is 0 Å². The van der Waals surface area contributed by atoms with Crippen LogP contribution in [0.1, 0.15) is 44.9 Å². The summed E-state index contributed by atoms with van der Waals surface area (Å²) in [5, 5.41) is 2.13. The molecule has 1 heterocycles. The maximum absolute atomic E-state index is 6.56. The van der Waals surface area contributed by atoms with Crippen LogP contribution >= 0.6 is 0 Å². The number of hydrogen-bond acceptors (Lipinski definition) is 3. The molecule has 10 aromatic carbocycles. The van der Waals surface area contributed by atoms with Gasteiger partial charge in [-0.15, -0.1) is 0 Å². The standard InChI is InChI=1S/C62H42N2O/c1-5-19-42(20-6-1)61-50-28-14-17-31-56(50)62(57-32-18-15-29-51(57)61)55-30-16-13-27-49(55)52-39-46(33-36-58(52)62)64(45-25-11-4-12-26-45)48-35-38-60-54(41-48)53-40-47(34-37-59(53)65-60)63(43-21-7-2-8-22-43)44-23-9-3-10-24-44/h1-41,61H. The predicted octanol–water partition coefficient (Wildman–Crippen LogP) is 16.4. The van der Waals surface area contributed by atoms with Gasteiger partial charge < -0.3 is 14.2 Å². The van der Waals surface area contributed by atoms with Gasteiger partial charge in [0.2, 0.25) is 0 Å². The first-order chi connectivity index (χ1) is 32.3. The average Bonchev–Trinajstić information content (AvgIpc) is 3.88. The minimum atomic E-state index is -0.486. The van der Waals surface area contributed by atoms with Crippen molar-refractivity contribution in [2.45, 2.75) is 11.3 Å². The van der Waals surface area contributed by atoms with E-state index in [2.05, 4.69) is 259 Å². The molecule has 3 nitrogen and oxygen atoms in total. The normalized spacial score (nSPS) is 15.6. The first-order valence-corrected chi connectivity index (χ1v) is 22.5. The van der Waals surface area contributed by atoms with Crippen LogP contribution in [0.4, 0.5) is 34.1 Å². The van der Waals surface area contributed by atoms with Crippen molar-refractivity contribution in [3.63, 3.8) is 0 Å². The van der Waals surface area contributed by atoms with Crippen LogP contribution in [0.3, 0.4) is 0 Å². The molecule has 0 amide bonds. The van der Waals surface area contributed by atoms with Crippen LogP contribution in [0.2, 0.25) is 0 Å². The first-order valence-electron chi connectivity index (χ1n) is 22.5. The molecule has 0 unspecified atom stereocenters. The molecule has 1 spiro atoms. The third-order valence-electron chi connectivity index (χ3n) is 13.8. The molecule has 2 aliphatic carbocycles. The summed E-state index contributed by atoms with van der Waals surface area (Å²) in [6.07, 6.45) is 0. The van der Waals surface area contributed by atoms with Crippen LogP contribution in [-0.2, 0) is 5.41 Å². The van der Waals surface area contributed by atoms with E-state index in [-0.39, 0.29) is 5.92 Å². The summed E-state index contributed by atoms with van der Waals surface area (Å²) in [7, 11) is 0. The molecule has 3 heteroatoms. The lowest BCUT2D eigenvalue weighted by atomic mass is 9.58. The van der Waals surface area contributed by atoms with E-state index in [4.69, 9.17) is 4.42 Å². The molecule has 306 valence electrons. The number of para-hydroxylation sites is 3. The largest absolute Gasteiger partial charge is 0.456 e. The van der Waals surface area contributed by atoms with Gasteiger partial charge in [-0.2, -0.15) is 0 Å². The molecule has 2 aliphatic rings. The summed E-state index contributed by atoms with van der Waals surface area (Å²) >= 11 is 0. The van der Waals surface area contributed by atoms with Crippen LogP contribution in [0.25, 0.3) is 33.1 Å². The molecule has 0 aliphatic heterocycles. The maximum Gasteiger partial charge on any atom is 0.135 e. The summed E-state index contributed by atoms with van der Waals surface area (Å²) in [5.74, 6) is 0.128. The molecule has 0 saturated carbocycles. The van der Waals surface area contributed by atoms with Gasteiger partial charge in [-0.3, -0.25) is 0 Å². The van der Waals surface area contributed by atoms with E-state index < -0.39 is 5.41 Å². The van der Waals surface area contributed by atoms with Crippen LogP contribution in [0.15, 0.2) is 253 Å². The third kappa shape index (κ3) is 5.69. The quantitative estimate of drug-likeness (QED) is 0.160. The Morgan fingerprint density at radius 2 is 0.708 bits per heavy atom. The second-order valence-corrected chi connectivity index (χ2v) is 17.2. The van der Waals surface area contributed by atoms with Crippen molar-refractivity contribution < 1.29 is 4.42 Å². The summed E-state index contributed by atoms with van der Waals surface area (Å²) in [6, 6.07) is 90.6. The van der Waals surface area contributed by atoms with Crippen molar-refractivity contribution in [1.29, 1.82) is 0 Å². The van der Waals surface area contributed by atoms with Crippen molar-refractivity contribution in [3.05, 3.63) is 288 Å². The van der Waals surface area contributed by atoms with Crippen molar-refractivity contribution >= 4 is 56.1 Å². The molecular formula is C62H42N2O. The van der Waals surface area contributed by atoms with Crippen LogP contribution in [-0.4, -0.2) is 0 Å². The summed E-state index contributed by atoms with van der Waals surface area (Å²) in [6.45, 7) is 0. The SMILES string of the molecule is c1ccc(C2c3ccccc3C3(c4ccccc4-c4cc(N(c5ccccc5)c5ccc6oc7ccc(N(c8ccccc8)c8ccccc8)cc7c6c5)ccc43)c3ccccc32)cc1. The second kappa shape index (κ2) is 14.9. The molecule has 13 rings (SSSR count). The number of nitrogens with zero attached hydrogens (tertiary/aromatic N) is 2. The summed E-state index contributed by atoms with van der Waals surface area (Å²) in [5.41, 5.74) is 19.6. The third-order valence-corrected chi connectivity index (χ3v) is 13.8. The highest BCUT2D eigenvalue weighted by atomic mass is 16.3. The highest BCUT2D eigenvalue weighted by Gasteiger charge is 2.51. The Bertz CT molecular complexity index is 3470. The van der Waals surface area contributed by atoms with Gasteiger partial charge in [-0.1, -0.05) is 164 Å². The number of anilines is 6. The lowest BCUT2D eigenvalue weighted by Gasteiger charge is -2.43. The number of benzene rings is 10. The van der Waals surface area contributed by atoms with E-state index in [1.165, 1.54) is 50.1 Å². The zero-order valence-electron chi connectivity index (χ0n) is 35.6. The van der Waals surface area contributed by atoms with Crippen molar-refractivity contribution in [2.75, 3.05) is 9.80 Å². The minimum Gasteiger partial charge on any atom is -0.456 e. The monoisotopic (exact) mass is 830 g/mol. The first kappa shape index (κ1) is 37.2.